The van der Waals surface area contributed by atoms with E-state index < -0.39 is 0 Å². The van der Waals surface area contributed by atoms with Gasteiger partial charge in [0, 0.05) is 23.7 Å². The molecule has 5 nitrogen and oxygen atoms in total. The molecule has 0 saturated heterocycles. The summed E-state index contributed by atoms with van der Waals surface area (Å²) in [5.74, 6) is 2.08. The van der Waals surface area contributed by atoms with Gasteiger partial charge in [-0.05, 0) is 18.9 Å². The average Bonchev–Trinajstić information content (AvgIpc) is 2.97. The van der Waals surface area contributed by atoms with Crippen LogP contribution < -0.4 is 5.56 Å². The Morgan fingerprint density at radius 1 is 1.40 bits per heavy atom. The summed E-state index contributed by atoms with van der Waals surface area (Å²) >= 11 is 0. The maximum absolute atomic E-state index is 11.1. The second-order valence-electron chi connectivity index (χ2n) is 3.76. The minimum atomic E-state index is -0.134. The summed E-state index contributed by atoms with van der Waals surface area (Å²) in [5.41, 5.74) is 0.618. The lowest BCUT2D eigenvalue weighted by Gasteiger charge is -1.91. The molecule has 0 bridgehead atoms. The molecule has 15 heavy (non-hydrogen) atoms. The number of aromatic amines is 2. The largest absolute Gasteiger partial charge is 0.329 e. The van der Waals surface area contributed by atoms with Crippen LogP contribution in [0.15, 0.2) is 23.1 Å². The topological polar surface area (TPSA) is 74.4 Å². The zero-order valence-electron chi connectivity index (χ0n) is 8.03. The standard InChI is InChI=1S/C10H10N4O/c15-8-5-7(3-4-11-8)10-12-9(13-14-10)6-1-2-6/h3-6H,1-2H2,(H,11,15)(H,12,13,14). The number of hydrogen-bond acceptors (Lipinski definition) is 3. The maximum atomic E-state index is 11.1. The lowest BCUT2D eigenvalue weighted by Crippen LogP contribution is -2.02. The van der Waals surface area contributed by atoms with Crippen LogP contribution in [0.4, 0.5) is 0 Å². The molecule has 2 aromatic rings. The predicted molar refractivity (Wildman–Crippen MR) is 54.4 cm³/mol. The first-order valence-corrected chi connectivity index (χ1v) is 4.94. The number of aromatic nitrogens is 4. The van der Waals surface area contributed by atoms with E-state index in [-0.39, 0.29) is 5.56 Å². The van der Waals surface area contributed by atoms with Crippen molar-refractivity contribution in [3.63, 3.8) is 0 Å². The fourth-order valence-electron chi connectivity index (χ4n) is 1.53. The Bertz CT molecular complexity index is 538. The van der Waals surface area contributed by atoms with Gasteiger partial charge in [-0.15, -0.1) is 0 Å². The van der Waals surface area contributed by atoms with Crippen molar-refractivity contribution < 1.29 is 0 Å². The first kappa shape index (κ1) is 8.40. The van der Waals surface area contributed by atoms with Gasteiger partial charge in [0.1, 0.15) is 5.82 Å². The van der Waals surface area contributed by atoms with Crippen molar-refractivity contribution in [3.8, 4) is 11.4 Å². The van der Waals surface area contributed by atoms with Crippen molar-refractivity contribution in [1.29, 1.82) is 0 Å². The van der Waals surface area contributed by atoms with Gasteiger partial charge in [-0.1, -0.05) is 0 Å². The highest BCUT2D eigenvalue weighted by Crippen LogP contribution is 2.38. The molecule has 1 fully saturated rings. The van der Waals surface area contributed by atoms with Crippen molar-refractivity contribution in [2.75, 3.05) is 0 Å². The van der Waals surface area contributed by atoms with Gasteiger partial charge >= 0.3 is 0 Å². The molecule has 0 unspecified atom stereocenters. The van der Waals surface area contributed by atoms with Crippen LogP contribution >= 0.6 is 0 Å². The van der Waals surface area contributed by atoms with Crippen LogP contribution in [0.25, 0.3) is 11.4 Å². The van der Waals surface area contributed by atoms with E-state index in [1.54, 1.807) is 12.3 Å². The van der Waals surface area contributed by atoms with Gasteiger partial charge in [0.15, 0.2) is 5.82 Å². The molecule has 0 aromatic carbocycles. The molecule has 2 N–H and O–H groups in total. The van der Waals surface area contributed by atoms with Gasteiger partial charge in [0.2, 0.25) is 5.56 Å². The molecule has 1 saturated carbocycles. The van der Waals surface area contributed by atoms with Gasteiger partial charge in [-0.25, -0.2) is 4.98 Å². The van der Waals surface area contributed by atoms with E-state index in [2.05, 4.69) is 20.2 Å². The average molecular weight is 202 g/mol. The Labute approximate surface area is 85.6 Å². The molecule has 1 aliphatic carbocycles. The highest BCUT2D eigenvalue weighted by molar-refractivity contribution is 5.53. The first-order chi connectivity index (χ1) is 7.33. The number of nitrogens with zero attached hydrogens (tertiary/aromatic N) is 2. The zero-order chi connectivity index (χ0) is 10.3. The van der Waals surface area contributed by atoms with Gasteiger partial charge in [-0.3, -0.25) is 9.89 Å². The Morgan fingerprint density at radius 2 is 2.27 bits per heavy atom. The fourth-order valence-corrected chi connectivity index (χ4v) is 1.53. The molecule has 3 rings (SSSR count). The lowest BCUT2D eigenvalue weighted by molar-refractivity contribution is 0.935. The quantitative estimate of drug-likeness (QED) is 0.764. The molecule has 76 valence electrons. The molecule has 2 aromatic heterocycles. The molecular formula is C10H10N4O. The first-order valence-electron chi connectivity index (χ1n) is 4.94. The SMILES string of the molecule is O=c1cc(-c2n[nH]c(C3CC3)n2)cc[nH]1. The summed E-state index contributed by atoms with van der Waals surface area (Å²) in [6.45, 7) is 0. The van der Waals surface area contributed by atoms with E-state index in [1.165, 1.54) is 18.9 Å². The van der Waals surface area contributed by atoms with Gasteiger partial charge in [-0.2, -0.15) is 5.10 Å². The summed E-state index contributed by atoms with van der Waals surface area (Å²) in [4.78, 5) is 18.0. The lowest BCUT2D eigenvalue weighted by atomic mass is 10.2. The molecule has 0 spiro atoms. The Kier molecular flexibility index (Phi) is 1.71. The van der Waals surface area contributed by atoms with Crippen molar-refractivity contribution >= 4 is 0 Å². The third kappa shape index (κ3) is 1.56. The van der Waals surface area contributed by atoms with Crippen LogP contribution in [0.1, 0.15) is 24.6 Å². The summed E-state index contributed by atoms with van der Waals surface area (Å²) in [6.07, 6.45) is 3.97. The Hall–Kier alpha value is -1.91. The van der Waals surface area contributed by atoms with E-state index >= 15 is 0 Å². The number of nitrogens with one attached hydrogen (secondary N) is 2. The van der Waals surface area contributed by atoms with Crippen LogP contribution in [0.5, 0.6) is 0 Å². The van der Waals surface area contributed by atoms with E-state index in [4.69, 9.17) is 0 Å². The molecule has 2 heterocycles. The second kappa shape index (κ2) is 3.05. The van der Waals surface area contributed by atoms with Crippen LogP contribution in [0.3, 0.4) is 0 Å². The molecule has 0 amide bonds. The fraction of sp³-hybridized carbons (Fsp3) is 0.300. The van der Waals surface area contributed by atoms with Crippen molar-refractivity contribution in [2.45, 2.75) is 18.8 Å². The maximum Gasteiger partial charge on any atom is 0.248 e. The molecule has 0 aliphatic heterocycles. The van der Waals surface area contributed by atoms with E-state index in [0.29, 0.717) is 11.7 Å². The monoisotopic (exact) mass is 202 g/mol. The van der Waals surface area contributed by atoms with Gasteiger partial charge < -0.3 is 4.98 Å². The normalized spacial score (nSPS) is 15.5. The summed E-state index contributed by atoms with van der Waals surface area (Å²) < 4.78 is 0. The van der Waals surface area contributed by atoms with Crippen molar-refractivity contribution in [3.05, 3.63) is 34.5 Å². The van der Waals surface area contributed by atoms with E-state index in [1.807, 2.05) is 0 Å². The number of hydrogen-bond donors (Lipinski definition) is 2. The zero-order valence-corrected chi connectivity index (χ0v) is 8.03. The summed E-state index contributed by atoms with van der Waals surface area (Å²) in [6, 6.07) is 3.29. The number of pyridine rings is 1. The van der Waals surface area contributed by atoms with Crippen molar-refractivity contribution in [1.82, 2.24) is 20.2 Å². The molecular weight excluding hydrogens is 192 g/mol. The summed E-state index contributed by atoms with van der Waals surface area (Å²) in [5, 5.41) is 7.01. The van der Waals surface area contributed by atoms with E-state index in [9.17, 15) is 4.79 Å². The Balaban J connectivity index is 2.00. The third-order valence-corrected chi connectivity index (χ3v) is 2.50. The van der Waals surface area contributed by atoms with Gasteiger partial charge in [0.25, 0.3) is 0 Å². The minimum absolute atomic E-state index is 0.134. The summed E-state index contributed by atoms with van der Waals surface area (Å²) in [7, 11) is 0. The molecule has 0 radical (unpaired) electrons. The molecule has 1 aliphatic rings. The third-order valence-electron chi connectivity index (χ3n) is 2.50. The molecule has 5 heteroatoms. The van der Waals surface area contributed by atoms with E-state index in [0.717, 1.165) is 11.4 Å². The van der Waals surface area contributed by atoms with Crippen LogP contribution in [0, 0.1) is 0 Å². The minimum Gasteiger partial charge on any atom is -0.329 e. The van der Waals surface area contributed by atoms with Crippen LogP contribution in [-0.4, -0.2) is 20.2 Å². The van der Waals surface area contributed by atoms with Gasteiger partial charge in [0.05, 0.1) is 0 Å². The molecule has 0 atom stereocenters. The highest BCUT2D eigenvalue weighted by atomic mass is 16.1. The number of rotatable bonds is 2. The number of H-pyrrole nitrogens is 2. The van der Waals surface area contributed by atoms with Crippen LogP contribution in [0.2, 0.25) is 0 Å². The van der Waals surface area contributed by atoms with Crippen molar-refractivity contribution in [2.24, 2.45) is 0 Å². The van der Waals surface area contributed by atoms with Crippen LogP contribution in [-0.2, 0) is 0 Å². The Morgan fingerprint density at radius 3 is 3.00 bits per heavy atom. The predicted octanol–water partition coefficient (Wildman–Crippen LogP) is 1.04. The second-order valence-corrected chi connectivity index (χ2v) is 3.76. The smallest absolute Gasteiger partial charge is 0.248 e. The highest BCUT2D eigenvalue weighted by Gasteiger charge is 2.27.